The van der Waals surface area contributed by atoms with E-state index < -0.39 is 20.1 Å². The zero-order valence-electron chi connectivity index (χ0n) is 24.6. The van der Waals surface area contributed by atoms with Crippen molar-refractivity contribution in [2.45, 2.75) is 65.0 Å². The van der Waals surface area contributed by atoms with E-state index in [1.54, 1.807) is 19.1 Å². The summed E-state index contributed by atoms with van der Waals surface area (Å²) in [4.78, 5) is 14.3. The van der Waals surface area contributed by atoms with Gasteiger partial charge in [0.25, 0.3) is 0 Å². The Kier molecular flexibility index (Phi) is 9.68. The molecule has 0 saturated heterocycles. The number of rotatable bonds is 10. The van der Waals surface area contributed by atoms with Gasteiger partial charge < -0.3 is 9.16 Å². The number of hydrogen-bond donors (Lipinski definition) is 0. The fourth-order valence-electron chi connectivity index (χ4n) is 4.45. The number of ketones is 1. The Morgan fingerprint density at radius 3 is 2.24 bits per heavy atom. The molecule has 214 valence electrons. The molecule has 0 aromatic heterocycles. The van der Waals surface area contributed by atoms with Gasteiger partial charge in [0.05, 0.1) is 12.5 Å². The number of carbonyl (C=O) groups excluding carboxylic acids is 1. The van der Waals surface area contributed by atoms with E-state index in [4.69, 9.17) is 9.16 Å². The highest BCUT2D eigenvalue weighted by Gasteiger charge is 2.37. The van der Waals surface area contributed by atoms with Gasteiger partial charge in [0.1, 0.15) is 18.2 Å². The van der Waals surface area contributed by atoms with Crippen molar-refractivity contribution in [1.82, 2.24) is 0 Å². The fraction of sp³-hybridized carbons (Fsp3) is 0.286. The standard InChI is InChI=1S/C35H38BrFO3Si/c1-24-30(13-10-14-32(24)37)34(38)33(26-15-17-28(36)18-16-26)31-20-19-29(39-22-25-11-8-7-9-12-25)21-27(31)23-40-41(5,6)35(2,3)4/h7-21,33H,22-23H2,1-6H3. The van der Waals surface area contributed by atoms with Crippen molar-refractivity contribution >= 4 is 30.0 Å². The molecule has 41 heavy (non-hydrogen) atoms. The van der Waals surface area contributed by atoms with E-state index >= 15 is 0 Å². The first-order valence-electron chi connectivity index (χ1n) is 13.9. The first-order valence-corrected chi connectivity index (χ1v) is 17.6. The second-order valence-electron chi connectivity index (χ2n) is 11.9. The summed E-state index contributed by atoms with van der Waals surface area (Å²) in [5.41, 5.74) is 4.33. The maximum absolute atomic E-state index is 14.6. The van der Waals surface area contributed by atoms with Crippen LogP contribution in [0.1, 0.15) is 64.9 Å². The van der Waals surface area contributed by atoms with E-state index in [1.165, 1.54) is 6.07 Å². The highest BCUT2D eigenvalue weighted by Crippen LogP contribution is 2.39. The van der Waals surface area contributed by atoms with Crippen molar-refractivity contribution in [3.05, 3.63) is 135 Å². The van der Waals surface area contributed by atoms with Gasteiger partial charge in [-0.3, -0.25) is 4.79 Å². The largest absolute Gasteiger partial charge is 0.489 e. The van der Waals surface area contributed by atoms with Crippen LogP contribution in [0.3, 0.4) is 0 Å². The molecule has 0 N–H and O–H groups in total. The average Bonchev–Trinajstić information content (AvgIpc) is 2.94. The molecule has 0 saturated carbocycles. The van der Waals surface area contributed by atoms with Crippen LogP contribution in [0, 0.1) is 12.7 Å². The molecule has 6 heteroatoms. The first-order chi connectivity index (χ1) is 19.4. The van der Waals surface area contributed by atoms with Crippen LogP contribution in [0.5, 0.6) is 5.75 Å². The van der Waals surface area contributed by atoms with Gasteiger partial charge in [-0.2, -0.15) is 0 Å². The summed E-state index contributed by atoms with van der Waals surface area (Å²) in [5.74, 6) is -0.493. The Morgan fingerprint density at radius 2 is 1.59 bits per heavy atom. The molecule has 3 nitrogen and oxygen atoms in total. The van der Waals surface area contributed by atoms with Crippen LogP contribution in [0.2, 0.25) is 18.1 Å². The Balaban J connectivity index is 1.81. The maximum atomic E-state index is 14.6. The minimum atomic E-state index is -2.11. The Hall–Kier alpha value is -3.06. The molecule has 0 radical (unpaired) electrons. The second-order valence-corrected chi connectivity index (χ2v) is 17.7. The van der Waals surface area contributed by atoms with Crippen LogP contribution in [0.15, 0.2) is 95.5 Å². The zero-order chi connectivity index (χ0) is 29.8. The van der Waals surface area contributed by atoms with E-state index in [0.29, 0.717) is 30.1 Å². The highest BCUT2D eigenvalue weighted by molar-refractivity contribution is 9.10. The van der Waals surface area contributed by atoms with Crippen LogP contribution in [-0.2, 0) is 17.6 Å². The van der Waals surface area contributed by atoms with Crippen LogP contribution in [0.4, 0.5) is 4.39 Å². The molecule has 0 bridgehead atoms. The molecular formula is C35H38BrFO3Si. The molecule has 1 atom stereocenters. The summed E-state index contributed by atoms with van der Waals surface area (Å²) >= 11 is 3.51. The van der Waals surface area contributed by atoms with Gasteiger partial charge in [0.15, 0.2) is 14.1 Å². The molecular weight excluding hydrogens is 595 g/mol. The summed E-state index contributed by atoms with van der Waals surface area (Å²) in [6.45, 7) is 13.5. The van der Waals surface area contributed by atoms with Crippen LogP contribution < -0.4 is 4.74 Å². The molecule has 4 aromatic carbocycles. The van der Waals surface area contributed by atoms with Crippen molar-refractivity contribution in [1.29, 1.82) is 0 Å². The summed E-state index contributed by atoms with van der Waals surface area (Å²) in [7, 11) is -2.11. The predicted molar refractivity (Wildman–Crippen MR) is 171 cm³/mol. The van der Waals surface area contributed by atoms with Crippen molar-refractivity contribution in [3.8, 4) is 5.75 Å². The van der Waals surface area contributed by atoms with Gasteiger partial charge in [0, 0.05) is 10.0 Å². The molecule has 1 unspecified atom stereocenters. The second kappa shape index (κ2) is 12.8. The van der Waals surface area contributed by atoms with Crippen LogP contribution >= 0.6 is 15.9 Å². The summed E-state index contributed by atoms with van der Waals surface area (Å²) < 4.78 is 28.4. The molecule has 4 rings (SSSR count). The smallest absolute Gasteiger partial charge is 0.192 e. The van der Waals surface area contributed by atoms with E-state index in [-0.39, 0.29) is 10.8 Å². The zero-order valence-corrected chi connectivity index (χ0v) is 27.2. The number of ether oxygens (including phenoxy) is 1. The summed E-state index contributed by atoms with van der Waals surface area (Å²) in [6.07, 6.45) is 0. The quantitative estimate of drug-likeness (QED) is 0.129. The molecule has 0 amide bonds. The average molecular weight is 634 g/mol. The van der Waals surface area contributed by atoms with Crippen molar-refractivity contribution in [2.24, 2.45) is 0 Å². The lowest BCUT2D eigenvalue weighted by atomic mass is 9.81. The third-order valence-corrected chi connectivity index (χ3v) is 13.1. The molecule has 4 aromatic rings. The Bertz CT molecular complexity index is 1490. The van der Waals surface area contributed by atoms with E-state index in [1.807, 2.05) is 72.8 Å². The SMILES string of the molecule is Cc1c(F)cccc1C(=O)C(c1ccc(Br)cc1)c1ccc(OCc2ccccc2)cc1CO[Si](C)(C)C(C)(C)C. The van der Waals surface area contributed by atoms with Gasteiger partial charge >= 0.3 is 0 Å². The van der Waals surface area contributed by atoms with Crippen LogP contribution in [-0.4, -0.2) is 14.1 Å². The predicted octanol–water partition coefficient (Wildman–Crippen LogP) is 10.0. The third kappa shape index (κ3) is 7.42. The van der Waals surface area contributed by atoms with E-state index in [9.17, 15) is 9.18 Å². The van der Waals surface area contributed by atoms with Crippen molar-refractivity contribution in [2.75, 3.05) is 0 Å². The van der Waals surface area contributed by atoms with Gasteiger partial charge in [-0.25, -0.2) is 4.39 Å². The molecule has 0 aliphatic carbocycles. The van der Waals surface area contributed by atoms with Crippen molar-refractivity contribution in [3.63, 3.8) is 0 Å². The number of Topliss-reactive ketones (excluding diaryl/α,β-unsaturated/α-hetero) is 1. The molecule has 0 aliphatic heterocycles. The lowest BCUT2D eigenvalue weighted by Crippen LogP contribution is -2.40. The monoisotopic (exact) mass is 632 g/mol. The maximum Gasteiger partial charge on any atom is 0.192 e. The van der Waals surface area contributed by atoms with Crippen LogP contribution in [0.25, 0.3) is 0 Å². The van der Waals surface area contributed by atoms with Gasteiger partial charge in [-0.05, 0) is 83.2 Å². The van der Waals surface area contributed by atoms with Crippen molar-refractivity contribution < 1.29 is 18.3 Å². The minimum Gasteiger partial charge on any atom is -0.489 e. The van der Waals surface area contributed by atoms with Gasteiger partial charge in [-0.15, -0.1) is 0 Å². The van der Waals surface area contributed by atoms with E-state index in [2.05, 4.69) is 49.8 Å². The number of hydrogen-bond acceptors (Lipinski definition) is 3. The third-order valence-electron chi connectivity index (χ3n) is 8.07. The topological polar surface area (TPSA) is 35.5 Å². The Morgan fingerprint density at radius 1 is 0.902 bits per heavy atom. The highest BCUT2D eigenvalue weighted by atomic mass is 79.9. The Labute approximate surface area is 253 Å². The van der Waals surface area contributed by atoms with Gasteiger partial charge in [-0.1, -0.05) is 97.4 Å². The van der Waals surface area contributed by atoms with Gasteiger partial charge in [0.2, 0.25) is 0 Å². The number of carbonyl (C=O) groups is 1. The first kappa shape index (κ1) is 30.9. The molecule has 0 aliphatic rings. The minimum absolute atomic E-state index is 0.0220. The van der Waals surface area contributed by atoms with E-state index in [0.717, 1.165) is 26.7 Å². The molecule has 0 fully saturated rings. The lowest BCUT2D eigenvalue weighted by molar-refractivity contribution is 0.0972. The summed E-state index contributed by atoms with van der Waals surface area (Å²) in [5, 5.41) is 0.0220. The number of halogens is 2. The molecule has 0 spiro atoms. The fourth-order valence-corrected chi connectivity index (χ4v) is 5.67. The summed E-state index contributed by atoms with van der Waals surface area (Å²) in [6, 6.07) is 28.3. The number of benzene rings is 4. The lowest BCUT2D eigenvalue weighted by Gasteiger charge is -2.36. The normalized spacial score (nSPS) is 12.7. The molecule has 0 heterocycles.